The molecule has 1 unspecified atom stereocenters. The number of piperidine rings is 1. The molecule has 3 heterocycles. The molecule has 2 saturated heterocycles. The van der Waals surface area contributed by atoms with E-state index in [1.165, 1.54) is 18.4 Å². The maximum Gasteiger partial charge on any atom is 0.260 e. The summed E-state index contributed by atoms with van der Waals surface area (Å²) < 4.78 is 23.2. The van der Waals surface area contributed by atoms with Crippen LogP contribution in [-0.4, -0.2) is 49.5 Å². The van der Waals surface area contributed by atoms with Crippen LogP contribution in [0.5, 0.6) is 5.75 Å². The van der Waals surface area contributed by atoms with Crippen molar-refractivity contribution in [3.63, 3.8) is 0 Å². The molecule has 2 aromatic rings. The predicted molar refractivity (Wildman–Crippen MR) is 103 cm³/mol. The lowest BCUT2D eigenvalue weighted by Crippen LogP contribution is -2.51. The largest absolute Gasteiger partial charge is 0.484 e. The second-order valence-electron chi connectivity index (χ2n) is 7.92. The number of benzene rings is 1. The fourth-order valence-electron chi connectivity index (χ4n) is 4.71. The molecule has 6 heteroatoms. The Morgan fingerprint density at radius 1 is 1.11 bits per heavy atom. The minimum absolute atomic E-state index is 0.00174. The molecule has 0 bridgehead atoms. The second kappa shape index (κ2) is 7.76. The first kappa shape index (κ1) is 18.0. The molecule has 1 aromatic heterocycles. The third-order valence-electron chi connectivity index (χ3n) is 6.12. The summed E-state index contributed by atoms with van der Waals surface area (Å²) in [5.74, 6) is 1.83. The summed E-state index contributed by atoms with van der Waals surface area (Å²) in [7, 11) is 0. The smallest absolute Gasteiger partial charge is 0.260 e. The fourth-order valence-corrected chi connectivity index (χ4v) is 4.71. The van der Waals surface area contributed by atoms with Crippen molar-refractivity contribution in [2.75, 3.05) is 26.4 Å². The molecule has 6 nitrogen and oxygen atoms in total. The van der Waals surface area contributed by atoms with E-state index in [0.717, 1.165) is 61.1 Å². The van der Waals surface area contributed by atoms with Crippen LogP contribution in [0.25, 0.3) is 11.0 Å². The summed E-state index contributed by atoms with van der Waals surface area (Å²) in [6, 6.07) is 5.86. The summed E-state index contributed by atoms with van der Waals surface area (Å²) >= 11 is 0. The van der Waals surface area contributed by atoms with Gasteiger partial charge in [-0.25, -0.2) is 0 Å². The van der Waals surface area contributed by atoms with Crippen LogP contribution in [0.3, 0.4) is 0 Å². The second-order valence-corrected chi connectivity index (χ2v) is 7.92. The van der Waals surface area contributed by atoms with Gasteiger partial charge in [0.1, 0.15) is 17.1 Å². The van der Waals surface area contributed by atoms with E-state index in [-0.39, 0.29) is 24.8 Å². The summed E-state index contributed by atoms with van der Waals surface area (Å²) in [6.07, 6.45) is 7.20. The lowest BCUT2D eigenvalue weighted by molar-refractivity contribution is -0.152. The Bertz CT molecular complexity index is 854. The van der Waals surface area contributed by atoms with Crippen molar-refractivity contribution in [1.82, 2.24) is 4.90 Å². The Labute approximate surface area is 164 Å². The SMILES string of the molecule is O=C(COc1ccc2oc3c(c2c1)CCCC3)N1CCCCC1C1OCCO1. The van der Waals surface area contributed by atoms with Gasteiger partial charge in [0, 0.05) is 23.9 Å². The van der Waals surface area contributed by atoms with Crippen molar-refractivity contribution in [3.8, 4) is 5.75 Å². The molecule has 0 spiro atoms. The zero-order chi connectivity index (χ0) is 18.9. The lowest BCUT2D eigenvalue weighted by atomic mass is 9.96. The van der Waals surface area contributed by atoms with Crippen LogP contribution in [0.15, 0.2) is 22.6 Å². The van der Waals surface area contributed by atoms with Crippen LogP contribution in [0.4, 0.5) is 0 Å². The van der Waals surface area contributed by atoms with Gasteiger partial charge in [-0.2, -0.15) is 0 Å². The molecule has 0 saturated carbocycles. The first-order chi connectivity index (χ1) is 13.8. The highest BCUT2D eigenvalue weighted by molar-refractivity contribution is 5.84. The predicted octanol–water partition coefficient (Wildman–Crippen LogP) is 3.44. The highest BCUT2D eigenvalue weighted by atomic mass is 16.7. The van der Waals surface area contributed by atoms with Crippen molar-refractivity contribution in [2.24, 2.45) is 0 Å². The number of amides is 1. The van der Waals surface area contributed by atoms with Gasteiger partial charge < -0.3 is 23.5 Å². The normalized spacial score (nSPS) is 23.1. The van der Waals surface area contributed by atoms with Crippen molar-refractivity contribution in [2.45, 2.75) is 57.3 Å². The molecule has 1 aromatic carbocycles. The Hall–Kier alpha value is -2.05. The van der Waals surface area contributed by atoms with Crippen LogP contribution in [0, 0.1) is 0 Å². The number of hydrogen-bond acceptors (Lipinski definition) is 5. The van der Waals surface area contributed by atoms with Crippen molar-refractivity contribution in [1.29, 1.82) is 0 Å². The number of carbonyl (C=O) groups excluding carboxylic acids is 1. The van der Waals surface area contributed by atoms with Crippen LogP contribution in [-0.2, 0) is 27.1 Å². The molecule has 1 atom stereocenters. The van der Waals surface area contributed by atoms with E-state index in [9.17, 15) is 4.79 Å². The number of hydrogen-bond donors (Lipinski definition) is 0. The van der Waals surface area contributed by atoms with E-state index in [0.29, 0.717) is 13.2 Å². The number of nitrogens with zero attached hydrogens (tertiary/aromatic N) is 1. The van der Waals surface area contributed by atoms with Crippen LogP contribution in [0.1, 0.15) is 43.4 Å². The van der Waals surface area contributed by atoms with E-state index in [2.05, 4.69) is 0 Å². The Morgan fingerprint density at radius 2 is 1.96 bits per heavy atom. The molecule has 0 N–H and O–H groups in total. The van der Waals surface area contributed by atoms with Gasteiger partial charge in [0.2, 0.25) is 0 Å². The third-order valence-corrected chi connectivity index (χ3v) is 6.12. The number of rotatable bonds is 4. The summed E-state index contributed by atoms with van der Waals surface area (Å²) in [5, 5.41) is 1.13. The van der Waals surface area contributed by atoms with Gasteiger partial charge in [-0.3, -0.25) is 4.79 Å². The number of furan rings is 1. The summed E-state index contributed by atoms with van der Waals surface area (Å²) in [4.78, 5) is 14.7. The maximum atomic E-state index is 12.9. The van der Waals surface area contributed by atoms with Gasteiger partial charge in [-0.15, -0.1) is 0 Å². The maximum absolute atomic E-state index is 12.9. The minimum atomic E-state index is -0.293. The monoisotopic (exact) mass is 385 g/mol. The number of ether oxygens (including phenoxy) is 3. The molecule has 3 aliphatic rings. The molecule has 1 aliphatic carbocycles. The molecule has 2 aliphatic heterocycles. The van der Waals surface area contributed by atoms with Gasteiger partial charge in [0.25, 0.3) is 5.91 Å². The molecule has 2 fully saturated rings. The molecule has 28 heavy (non-hydrogen) atoms. The van der Waals surface area contributed by atoms with E-state index in [4.69, 9.17) is 18.6 Å². The minimum Gasteiger partial charge on any atom is -0.484 e. The van der Waals surface area contributed by atoms with Gasteiger partial charge in [-0.05, 0) is 56.7 Å². The van der Waals surface area contributed by atoms with Gasteiger partial charge in [0.05, 0.1) is 19.3 Å². The average Bonchev–Trinajstić information content (AvgIpc) is 3.40. The first-order valence-corrected chi connectivity index (χ1v) is 10.5. The standard InChI is InChI=1S/C22H27NO5/c24-21(23-10-4-3-6-18(23)22-25-11-12-26-22)14-27-15-8-9-20-17(13-15)16-5-1-2-7-19(16)28-20/h8-9,13,18,22H,1-7,10-12,14H2. The average molecular weight is 385 g/mol. The molecule has 5 rings (SSSR count). The molecule has 0 radical (unpaired) electrons. The molecule has 1 amide bonds. The number of fused-ring (bicyclic) bond motifs is 3. The van der Waals surface area contributed by atoms with Crippen LogP contribution in [0.2, 0.25) is 0 Å². The van der Waals surface area contributed by atoms with E-state index < -0.39 is 0 Å². The van der Waals surface area contributed by atoms with E-state index in [1.54, 1.807) is 0 Å². The number of likely N-dealkylation sites (tertiary alicyclic amines) is 1. The summed E-state index contributed by atoms with van der Waals surface area (Å²) in [5.41, 5.74) is 2.22. The van der Waals surface area contributed by atoms with Crippen LogP contribution < -0.4 is 4.74 Å². The van der Waals surface area contributed by atoms with Crippen molar-refractivity contribution >= 4 is 16.9 Å². The zero-order valence-electron chi connectivity index (χ0n) is 16.2. The Morgan fingerprint density at radius 3 is 2.86 bits per heavy atom. The number of carbonyl (C=O) groups is 1. The van der Waals surface area contributed by atoms with E-state index in [1.807, 2.05) is 23.1 Å². The quantitative estimate of drug-likeness (QED) is 0.807. The van der Waals surface area contributed by atoms with Crippen LogP contribution >= 0.6 is 0 Å². The molecule has 150 valence electrons. The molecular formula is C22H27NO5. The number of aryl methyl sites for hydroxylation is 2. The van der Waals surface area contributed by atoms with Gasteiger partial charge in [0.15, 0.2) is 12.9 Å². The molecular weight excluding hydrogens is 358 g/mol. The summed E-state index contributed by atoms with van der Waals surface area (Å²) in [6.45, 7) is 1.99. The lowest BCUT2D eigenvalue weighted by Gasteiger charge is -2.37. The third kappa shape index (κ3) is 3.40. The van der Waals surface area contributed by atoms with Crippen molar-refractivity contribution in [3.05, 3.63) is 29.5 Å². The topological polar surface area (TPSA) is 61.1 Å². The first-order valence-electron chi connectivity index (χ1n) is 10.5. The zero-order valence-corrected chi connectivity index (χ0v) is 16.2. The Kier molecular flexibility index (Phi) is 4.99. The van der Waals surface area contributed by atoms with Crippen molar-refractivity contribution < 1.29 is 23.4 Å². The van der Waals surface area contributed by atoms with Gasteiger partial charge >= 0.3 is 0 Å². The van der Waals surface area contributed by atoms with Gasteiger partial charge in [-0.1, -0.05) is 0 Å². The van der Waals surface area contributed by atoms with E-state index >= 15 is 0 Å². The fraction of sp³-hybridized carbons (Fsp3) is 0.591. The highest BCUT2D eigenvalue weighted by Gasteiger charge is 2.36. The highest BCUT2D eigenvalue weighted by Crippen LogP contribution is 2.34. The Balaban J connectivity index is 1.28.